The average molecular weight is 162 g/mol. The van der Waals surface area contributed by atoms with E-state index in [2.05, 4.69) is 4.98 Å². The van der Waals surface area contributed by atoms with Crippen LogP contribution >= 0.6 is 0 Å². The lowest BCUT2D eigenvalue weighted by molar-refractivity contribution is 0.478. The summed E-state index contributed by atoms with van der Waals surface area (Å²) in [6.45, 7) is 1.92. The summed E-state index contributed by atoms with van der Waals surface area (Å²) < 4.78 is 1.88. The van der Waals surface area contributed by atoms with Crippen molar-refractivity contribution in [3.05, 3.63) is 24.0 Å². The minimum atomic E-state index is 0.288. The van der Waals surface area contributed by atoms with Crippen LogP contribution in [-0.4, -0.2) is 14.7 Å². The second-order valence-corrected chi connectivity index (χ2v) is 2.86. The van der Waals surface area contributed by atoms with Crippen molar-refractivity contribution in [2.75, 3.05) is 0 Å². The second kappa shape index (κ2) is 2.24. The second-order valence-electron chi connectivity index (χ2n) is 2.86. The topological polar surface area (TPSA) is 38.1 Å². The van der Waals surface area contributed by atoms with Crippen molar-refractivity contribution in [2.45, 2.75) is 6.92 Å². The van der Waals surface area contributed by atoms with E-state index in [4.69, 9.17) is 0 Å². The lowest BCUT2D eigenvalue weighted by Crippen LogP contribution is -1.90. The summed E-state index contributed by atoms with van der Waals surface area (Å²) in [5.74, 6) is 1.20. The SMILES string of the molecule is Cc1nc2cccc(O)c2n1C. The Hall–Kier alpha value is -1.51. The van der Waals surface area contributed by atoms with Crippen molar-refractivity contribution < 1.29 is 5.11 Å². The normalized spacial score (nSPS) is 10.8. The van der Waals surface area contributed by atoms with Crippen LogP contribution in [-0.2, 0) is 7.05 Å². The Balaban J connectivity index is 2.97. The maximum atomic E-state index is 9.50. The van der Waals surface area contributed by atoms with Gasteiger partial charge in [-0.25, -0.2) is 4.98 Å². The third kappa shape index (κ3) is 0.794. The Labute approximate surface area is 70.3 Å². The fourth-order valence-electron chi connectivity index (χ4n) is 1.36. The van der Waals surface area contributed by atoms with E-state index < -0.39 is 0 Å². The van der Waals surface area contributed by atoms with E-state index in [9.17, 15) is 5.11 Å². The van der Waals surface area contributed by atoms with E-state index >= 15 is 0 Å². The van der Waals surface area contributed by atoms with Gasteiger partial charge in [-0.1, -0.05) is 6.07 Å². The first kappa shape index (κ1) is 7.16. The van der Waals surface area contributed by atoms with Gasteiger partial charge in [0.1, 0.15) is 17.1 Å². The molecule has 0 saturated carbocycles. The molecule has 12 heavy (non-hydrogen) atoms. The smallest absolute Gasteiger partial charge is 0.141 e. The Bertz CT molecular complexity index is 431. The van der Waals surface area contributed by atoms with Crippen LogP contribution < -0.4 is 0 Å². The summed E-state index contributed by atoms with van der Waals surface area (Å²) in [4.78, 5) is 4.28. The van der Waals surface area contributed by atoms with E-state index in [0.717, 1.165) is 16.9 Å². The molecular weight excluding hydrogens is 152 g/mol. The average Bonchev–Trinajstić information content (AvgIpc) is 2.29. The predicted octanol–water partition coefficient (Wildman–Crippen LogP) is 1.59. The summed E-state index contributed by atoms with van der Waals surface area (Å²) >= 11 is 0. The molecule has 0 aliphatic rings. The monoisotopic (exact) mass is 162 g/mol. The Kier molecular flexibility index (Phi) is 1.33. The molecule has 3 heteroatoms. The first-order valence-electron chi connectivity index (χ1n) is 3.81. The zero-order valence-electron chi connectivity index (χ0n) is 7.07. The van der Waals surface area contributed by atoms with E-state index in [1.54, 1.807) is 12.1 Å². The molecule has 0 fully saturated rings. The van der Waals surface area contributed by atoms with Gasteiger partial charge in [-0.2, -0.15) is 0 Å². The number of para-hydroxylation sites is 1. The van der Waals surface area contributed by atoms with Crippen LogP contribution in [0, 0.1) is 6.92 Å². The van der Waals surface area contributed by atoms with Crippen molar-refractivity contribution in [3.63, 3.8) is 0 Å². The molecule has 1 heterocycles. The number of fused-ring (bicyclic) bond motifs is 1. The molecule has 1 aromatic heterocycles. The van der Waals surface area contributed by atoms with Gasteiger partial charge >= 0.3 is 0 Å². The first-order valence-corrected chi connectivity index (χ1v) is 3.81. The van der Waals surface area contributed by atoms with E-state index in [0.29, 0.717) is 0 Å². The lowest BCUT2D eigenvalue weighted by Gasteiger charge is -1.97. The summed E-state index contributed by atoms with van der Waals surface area (Å²) in [6.07, 6.45) is 0. The molecule has 1 aromatic carbocycles. The number of aromatic nitrogens is 2. The minimum absolute atomic E-state index is 0.288. The Morgan fingerprint density at radius 3 is 2.83 bits per heavy atom. The van der Waals surface area contributed by atoms with Gasteiger partial charge in [-0.05, 0) is 19.1 Å². The number of benzene rings is 1. The van der Waals surface area contributed by atoms with Crippen molar-refractivity contribution in [2.24, 2.45) is 7.05 Å². The van der Waals surface area contributed by atoms with E-state index in [1.165, 1.54) is 0 Å². The summed E-state index contributed by atoms with van der Waals surface area (Å²) in [6, 6.07) is 5.36. The van der Waals surface area contributed by atoms with Crippen LogP contribution in [0.3, 0.4) is 0 Å². The molecule has 2 aromatic rings. The number of aryl methyl sites for hydroxylation is 2. The van der Waals surface area contributed by atoms with Crippen molar-refractivity contribution in [3.8, 4) is 5.75 Å². The van der Waals surface area contributed by atoms with Gasteiger partial charge < -0.3 is 9.67 Å². The van der Waals surface area contributed by atoms with Crippen LogP contribution in [0.2, 0.25) is 0 Å². The third-order valence-corrected chi connectivity index (χ3v) is 2.10. The molecule has 0 amide bonds. The highest BCUT2D eigenvalue weighted by atomic mass is 16.3. The van der Waals surface area contributed by atoms with Gasteiger partial charge in [0.05, 0.1) is 5.52 Å². The number of phenols is 1. The molecule has 3 nitrogen and oxygen atoms in total. The van der Waals surface area contributed by atoms with Crippen molar-refractivity contribution in [1.82, 2.24) is 9.55 Å². The fourth-order valence-corrected chi connectivity index (χ4v) is 1.36. The molecule has 1 N–H and O–H groups in total. The number of aromatic hydroxyl groups is 1. The van der Waals surface area contributed by atoms with Crippen LogP contribution in [0.15, 0.2) is 18.2 Å². The van der Waals surface area contributed by atoms with Gasteiger partial charge in [-0.15, -0.1) is 0 Å². The fraction of sp³-hybridized carbons (Fsp3) is 0.222. The van der Waals surface area contributed by atoms with E-state index in [1.807, 2.05) is 24.6 Å². The van der Waals surface area contributed by atoms with Crippen LogP contribution in [0.5, 0.6) is 5.75 Å². The summed E-state index contributed by atoms with van der Waals surface area (Å²) in [5.41, 5.74) is 1.64. The molecule has 0 spiro atoms. The van der Waals surface area contributed by atoms with Gasteiger partial charge in [0.2, 0.25) is 0 Å². The molecule has 2 rings (SSSR count). The quantitative estimate of drug-likeness (QED) is 0.638. The molecule has 0 bridgehead atoms. The Morgan fingerprint density at radius 1 is 1.42 bits per heavy atom. The van der Waals surface area contributed by atoms with Crippen molar-refractivity contribution >= 4 is 11.0 Å². The van der Waals surface area contributed by atoms with E-state index in [-0.39, 0.29) is 5.75 Å². The number of imidazole rings is 1. The molecule has 0 radical (unpaired) electrons. The summed E-state index contributed by atoms with van der Waals surface area (Å²) in [7, 11) is 1.89. The number of nitrogens with zero attached hydrogens (tertiary/aromatic N) is 2. The van der Waals surface area contributed by atoms with Crippen LogP contribution in [0.1, 0.15) is 5.82 Å². The largest absolute Gasteiger partial charge is 0.506 e. The van der Waals surface area contributed by atoms with Crippen LogP contribution in [0.25, 0.3) is 11.0 Å². The van der Waals surface area contributed by atoms with Crippen LogP contribution in [0.4, 0.5) is 0 Å². The number of phenolic OH excluding ortho intramolecular Hbond substituents is 1. The maximum Gasteiger partial charge on any atom is 0.141 e. The van der Waals surface area contributed by atoms with Gasteiger partial charge in [-0.3, -0.25) is 0 Å². The molecule has 0 saturated heterocycles. The molecule has 0 aliphatic heterocycles. The van der Waals surface area contributed by atoms with Gasteiger partial charge in [0.25, 0.3) is 0 Å². The predicted molar refractivity (Wildman–Crippen MR) is 47.1 cm³/mol. The van der Waals surface area contributed by atoms with Gasteiger partial charge in [0, 0.05) is 7.05 Å². The van der Waals surface area contributed by atoms with Crippen molar-refractivity contribution in [1.29, 1.82) is 0 Å². The first-order chi connectivity index (χ1) is 5.70. The zero-order valence-corrected chi connectivity index (χ0v) is 7.07. The highest BCUT2D eigenvalue weighted by Crippen LogP contribution is 2.23. The lowest BCUT2D eigenvalue weighted by atomic mass is 10.3. The highest BCUT2D eigenvalue weighted by molar-refractivity contribution is 5.82. The summed E-state index contributed by atoms with van der Waals surface area (Å²) in [5, 5.41) is 9.50. The third-order valence-electron chi connectivity index (χ3n) is 2.10. The standard InChI is InChI=1S/C9H10N2O/c1-6-10-7-4-3-5-8(12)9(7)11(6)2/h3-5,12H,1-2H3. The number of rotatable bonds is 0. The molecule has 62 valence electrons. The number of hydrogen-bond donors (Lipinski definition) is 1. The van der Waals surface area contributed by atoms with Gasteiger partial charge in [0.15, 0.2) is 0 Å². The minimum Gasteiger partial charge on any atom is -0.506 e. The maximum absolute atomic E-state index is 9.50. The number of hydrogen-bond acceptors (Lipinski definition) is 2. The molecule has 0 atom stereocenters. The highest BCUT2D eigenvalue weighted by Gasteiger charge is 2.06. The Morgan fingerprint density at radius 2 is 2.17 bits per heavy atom. The molecular formula is C9H10N2O. The molecule has 0 unspecified atom stereocenters. The zero-order chi connectivity index (χ0) is 8.72. The molecule has 0 aliphatic carbocycles.